The van der Waals surface area contributed by atoms with Crippen molar-refractivity contribution in [1.29, 1.82) is 0 Å². The Morgan fingerprint density at radius 1 is 1.18 bits per heavy atom. The summed E-state index contributed by atoms with van der Waals surface area (Å²) in [6.45, 7) is 0. The molecule has 0 atom stereocenters. The Bertz CT molecular complexity index is 970. The van der Waals surface area contributed by atoms with Crippen LogP contribution in [0.3, 0.4) is 0 Å². The number of carbonyl (C=O) groups excluding carboxylic acids is 1. The van der Waals surface area contributed by atoms with Gasteiger partial charge in [0, 0.05) is 0 Å². The van der Waals surface area contributed by atoms with Gasteiger partial charge in [-0.3, -0.25) is 10.7 Å². The normalized spacial score (nSPS) is 10.7. The molecule has 0 saturated heterocycles. The van der Waals surface area contributed by atoms with E-state index in [4.69, 9.17) is 9.47 Å². The molecule has 1 amide bonds. The Hall–Kier alpha value is -3.11. The molecule has 0 radical (unpaired) electrons. The third-order valence-corrected chi connectivity index (χ3v) is 5.32. The molecule has 1 aromatic carbocycles. The average Bonchev–Trinajstić information content (AvgIpc) is 3.37. The molecule has 0 spiro atoms. The predicted octanol–water partition coefficient (Wildman–Crippen LogP) is 4.51. The van der Waals surface area contributed by atoms with Gasteiger partial charge in [-0.05, 0) is 35.2 Å². The lowest BCUT2D eigenvalue weighted by molar-refractivity contribution is 0.187. The van der Waals surface area contributed by atoms with Gasteiger partial charge in [0.15, 0.2) is 11.5 Å². The molecule has 0 unspecified atom stereocenters. The second kappa shape index (κ2) is 9.20. The zero-order valence-corrected chi connectivity index (χ0v) is 17.0. The summed E-state index contributed by atoms with van der Waals surface area (Å²) < 4.78 is 15.2. The lowest BCUT2D eigenvalue weighted by Crippen LogP contribution is -2.10. The first kappa shape index (κ1) is 19.6. The largest absolute Gasteiger partial charge is 0.493 e. The van der Waals surface area contributed by atoms with Crippen molar-refractivity contribution in [2.24, 2.45) is 5.10 Å². The minimum absolute atomic E-state index is 0.534. The summed E-state index contributed by atoms with van der Waals surface area (Å²) in [6, 6.07) is 9.32. The summed E-state index contributed by atoms with van der Waals surface area (Å²) in [5, 5.41) is 9.96. The fraction of sp³-hybridized carbons (Fsp3) is 0.167. The minimum atomic E-state index is -0.554. The van der Waals surface area contributed by atoms with Crippen LogP contribution < -0.4 is 20.2 Å². The van der Waals surface area contributed by atoms with Gasteiger partial charge < -0.3 is 14.2 Å². The van der Waals surface area contributed by atoms with E-state index < -0.39 is 6.09 Å². The molecule has 10 heteroatoms. The van der Waals surface area contributed by atoms with Crippen LogP contribution in [0.2, 0.25) is 0 Å². The second-order valence-electron chi connectivity index (χ2n) is 5.28. The van der Waals surface area contributed by atoms with E-state index in [1.54, 1.807) is 26.5 Å². The number of benzene rings is 1. The van der Waals surface area contributed by atoms with Crippen LogP contribution in [0, 0.1) is 0 Å². The van der Waals surface area contributed by atoms with Crippen LogP contribution >= 0.6 is 22.7 Å². The van der Waals surface area contributed by atoms with Gasteiger partial charge in [-0.25, -0.2) is 9.78 Å². The van der Waals surface area contributed by atoms with Gasteiger partial charge in [-0.1, -0.05) is 17.4 Å². The summed E-state index contributed by atoms with van der Waals surface area (Å²) in [5.41, 5.74) is 4.38. The third kappa shape index (κ3) is 4.59. The summed E-state index contributed by atoms with van der Waals surface area (Å²) in [4.78, 5) is 17.1. The van der Waals surface area contributed by atoms with Crippen molar-refractivity contribution in [3.05, 3.63) is 41.3 Å². The zero-order valence-electron chi connectivity index (χ0n) is 15.4. The number of amides is 1. The predicted molar refractivity (Wildman–Crippen MR) is 112 cm³/mol. The van der Waals surface area contributed by atoms with Crippen molar-refractivity contribution < 1.29 is 19.0 Å². The number of anilines is 2. The number of ether oxygens (including phenoxy) is 3. The number of rotatable bonds is 7. The average molecular weight is 419 g/mol. The number of hydrogen-bond donors (Lipinski definition) is 2. The fourth-order valence-electron chi connectivity index (χ4n) is 2.27. The summed E-state index contributed by atoms with van der Waals surface area (Å²) >= 11 is 2.79. The van der Waals surface area contributed by atoms with E-state index in [0.29, 0.717) is 27.3 Å². The maximum absolute atomic E-state index is 11.6. The van der Waals surface area contributed by atoms with E-state index in [-0.39, 0.29) is 0 Å². The topological polar surface area (TPSA) is 94.1 Å². The number of carbonyl (C=O) groups is 1. The Kier molecular flexibility index (Phi) is 6.45. The first-order chi connectivity index (χ1) is 13.6. The molecule has 8 nitrogen and oxygen atoms in total. The third-order valence-electron chi connectivity index (χ3n) is 3.56. The Morgan fingerprint density at radius 3 is 2.68 bits per heavy atom. The van der Waals surface area contributed by atoms with Crippen LogP contribution in [-0.4, -0.2) is 38.6 Å². The molecule has 3 rings (SSSR count). The van der Waals surface area contributed by atoms with Gasteiger partial charge in [0.2, 0.25) is 5.13 Å². The molecule has 0 aliphatic heterocycles. The van der Waals surface area contributed by atoms with E-state index in [2.05, 4.69) is 25.6 Å². The highest BCUT2D eigenvalue weighted by molar-refractivity contribution is 7.21. The smallest absolute Gasteiger partial charge is 0.412 e. The highest BCUT2D eigenvalue weighted by Crippen LogP contribution is 2.38. The van der Waals surface area contributed by atoms with Crippen LogP contribution in [0.5, 0.6) is 11.5 Å². The van der Waals surface area contributed by atoms with Gasteiger partial charge in [0.05, 0.1) is 32.4 Å². The highest BCUT2D eigenvalue weighted by atomic mass is 32.1. The van der Waals surface area contributed by atoms with E-state index >= 15 is 0 Å². The van der Waals surface area contributed by atoms with Crippen molar-refractivity contribution in [3.8, 4) is 22.1 Å². The lowest BCUT2D eigenvalue weighted by atomic mass is 10.2. The molecule has 0 bridgehead atoms. The van der Waals surface area contributed by atoms with Crippen LogP contribution in [0.4, 0.5) is 14.9 Å². The molecule has 28 heavy (non-hydrogen) atoms. The fourth-order valence-corrected chi connectivity index (χ4v) is 3.87. The maximum Gasteiger partial charge on any atom is 0.412 e. The number of thiazole rings is 1. The van der Waals surface area contributed by atoms with Crippen LogP contribution in [0.1, 0.15) is 5.56 Å². The Balaban J connectivity index is 1.78. The lowest BCUT2D eigenvalue weighted by Gasteiger charge is -2.07. The Labute approximate surface area is 169 Å². The molecule has 0 saturated carbocycles. The van der Waals surface area contributed by atoms with Crippen LogP contribution in [0.15, 0.2) is 40.8 Å². The first-order valence-corrected chi connectivity index (χ1v) is 9.75. The van der Waals surface area contributed by atoms with Crippen molar-refractivity contribution in [2.75, 3.05) is 32.1 Å². The second-order valence-corrected chi connectivity index (χ2v) is 7.22. The van der Waals surface area contributed by atoms with Gasteiger partial charge in [0.1, 0.15) is 10.7 Å². The summed E-state index contributed by atoms with van der Waals surface area (Å²) in [7, 11) is 4.48. The van der Waals surface area contributed by atoms with Crippen molar-refractivity contribution in [1.82, 2.24) is 4.98 Å². The van der Waals surface area contributed by atoms with E-state index in [9.17, 15) is 4.79 Å². The number of hydrazone groups is 1. The maximum atomic E-state index is 11.6. The van der Waals surface area contributed by atoms with Gasteiger partial charge >= 0.3 is 6.09 Å². The van der Waals surface area contributed by atoms with E-state index in [0.717, 1.165) is 10.4 Å². The number of hydrogen-bond acceptors (Lipinski definition) is 9. The summed E-state index contributed by atoms with van der Waals surface area (Å²) in [5.74, 6) is 1.26. The van der Waals surface area contributed by atoms with Crippen LogP contribution in [-0.2, 0) is 4.74 Å². The number of nitrogens with zero attached hydrogens (tertiary/aromatic N) is 2. The molecule has 146 valence electrons. The standard InChI is InChI=1S/C18H18N4O4S2/c1-24-12-7-6-11(9-13(12)25-2)10-19-22-17-20-15(14-5-4-8-27-14)16(28-17)21-18(23)26-3/h4-10H,1-3H3,(H,20,22)(H,21,23). The van der Waals surface area contributed by atoms with Crippen molar-refractivity contribution in [2.45, 2.75) is 0 Å². The number of thiophene rings is 1. The zero-order chi connectivity index (χ0) is 19.9. The van der Waals surface area contributed by atoms with Crippen molar-refractivity contribution >= 4 is 45.1 Å². The monoisotopic (exact) mass is 418 g/mol. The molecule has 0 aliphatic carbocycles. The van der Waals surface area contributed by atoms with Crippen molar-refractivity contribution in [3.63, 3.8) is 0 Å². The number of aromatic nitrogens is 1. The minimum Gasteiger partial charge on any atom is -0.493 e. The molecule has 0 fully saturated rings. The molecule has 2 aromatic heterocycles. The quantitative estimate of drug-likeness (QED) is 0.433. The molecular formula is C18H18N4O4S2. The van der Waals surface area contributed by atoms with Gasteiger partial charge in [-0.15, -0.1) is 11.3 Å². The summed E-state index contributed by atoms with van der Waals surface area (Å²) in [6.07, 6.45) is 1.09. The van der Waals surface area contributed by atoms with Gasteiger partial charge in [-0.2, -0.15) is 5.10 Å². The van der Waals surface area contributed by atoms with E-state index in [1.807, 2.05) is 29.6 Å². The number of nitrogens with one attached hydrogen (secondary N) is 2. The Morgan fingerprint density at radius 2 is 2.00 bits per heavy atom. The molecule has 2 heterocycles. The van der Waals surface area contributed by atoms with E-state index in [1.165, 1.54) is 29.8 Å². The molecule has 0 aliphatic rings. The molecule has 3 aromatic rings. The van der Waals surface area contributed by atoms with Gasteiger partial charge in [0.25, 0.3) is 0 Å². The highest BCUT2D eigenvalue weighted by Gasteiger charge is 2.16. The first-order valence-electron chi connectivity index (χ1n) is 8.05. The number of methoxy groups -OCH3 is 3. The van der Waals surface area contributed by atoms with Crippen LogP contribution in [0.25, 0.3) is 10.6 Å². The SMILES string of the molecule is COC(=O)Nc1sc(NN=Cc2ccc(OC)c(OC)c2)nc1-c1cccs1. The molecule has 2 N–H and O–H groups in total. The molecular weight excluding hydrogens is 400 g/mol.